The molecule has 0 aliphatic heterocycles. The number of halogens is 1. The molecule has 1 aliphatic rings. The average molecular weight is 353 g/mol. The molecule has 0 atom stereocenters. The molecule has 0 spiro atoms. The molecule has 3 nitrogen and oxygen atoms in total. The molecule has 0 N–H and O–H groups in total. The van der Waals surface area contributed by atoms with Crippen molar-refractivity contribution in [1.82, 2.24) is 4.90 Å². The third-order valence-electron chi connectivity index (χ3n) is 3.26. The Kier molecular flexibility index (Phi) is 5.54. The fourth-order valence-corrected chi connectivity index (χ4v) is 3.05. The van der Waals surface area contributed by atoms with Crippen LogP contribution in [0.3, 0.4) is 0 Å². The number of rotatable bonds is 2. The second-order valence-electron chi connectivity index (χ2n) is 5.92. The number of carbonyl (C=O) groups excluding carboxylic acids is 1. The minimum Gasteiger partial charge on any atom is -0.444 e. The quantitative estimate of drug-likeness (QED) is 0.558. The maximum Gasteiger partial charge on any atom is 0.410 e. The van der Waals surface area contributed by atoms with E-state index in [1.54, 1.807) is 4.90 Å². The van der Waals surface area contributed by atoms with E-state index in [4.69, 9.17) is 4.74 Å². The summed E-state index contributed by atoms with van der Waals surface area (Å²) < 4.78 is 6.63. The molecule has 0 aromatic rings. The SMILES string of the molecule is CN(C(=O)OC(C)(C)C)[C@H]1CC[C@H](CI)CC1. The van der Waals surface area contributed by atoms with Gasteiger partial charge in [-0.2, -0.15) is 0 Å². The normalized spacial score (nSPS) is 25.5. The molecule has 17 heavy (non-hydrogen) atoms. The van der Waals surface area contributed by atoms with Crippen LogP contribution >= 0.6 is 22.6 Å². The summed E-state index contributed by atoms with van der Waals surface area (Å²) in [5, 5.41) is 0. The van der Waals surface area contributed by atoms with Crippen molar-refractivity contribution in [3.05, 3.63) is 0 Å². The van der Waals surface area contributed by atoms with Gasteiger partial charge in [0.1, 0.15) is 5.60 Å². The Labute approximate surface area is 118 Å². The second-order valence-corrected chi connectivity index (χ2v) is 6.80. The molecule has 1 fully saturated rings. The average Bonchev–Trinajstić information content (AvgIpc) is 2.26. The molecule has 100 valence electrons. The van der Waals surface area contributed by atoms with Crippen molar-refractivity contribution in [2.75, 3.05) is 11.5 Å². The molecule has 1 aliphatic carbocycles. The molecular formula is C13H24INO2. The van der Waals surface area contributed by atoms with Gasteiger partial charge in [-0.3, -0.25) is 0 Å². The molecule has 1 rings (SSSR count). The Bertz CT molecular complexity index is 255. The van der Waals surface area contributed by atoms with E-state index >= 15 is 0 Å². The van der Waals surface area contributed by atoms with E-state index in [-0.39, 0.29) is 6.09 Å². The summed E-state index contributed by atoms with van der Waals surface area (Å²) in [6.07, 6.45) is 4.52. The zero-order chi connectivity index (χ0) is 13.1. The van der Waals surface area contributed by atoms with Gasteiger partial charge in [-0.25, -0.2) is 4.79 Å². The highest BCUT2D eigenvalue weighted by molar-refractivity contribution is 14.1. The van der Waals surface area contributed by atoms with Gasteiger partial charge in [0.2, 0.25) is 0 Å². The molecule has 0 bridgehead atoms. The zero-order valence-electron chi connectivity index (χ0n) is 11.3. The van der Waals surface area contributed by atoms with Crippen LogP contribution in [0.15, 0.2) is 0 Å². The van der Waals surface area contributed by atoms with Crippen molar-refractivity contribution in [3.63, 3.8) is 0 Å². The molecule has 0 aromatic heterocycles. The highest BCUT2D eigenvalue weighted by atomic mass is 127. The zero-order valence-corrected chi connectivity index (χ0v) is 13.5. The standard InChI is InChI=1S/C13H24INO2/c1-13(2,3)17-12(16)15(4)11-7-5-10(9-14)6-8-11/h10-11H,5-9H2,1-4H3/t10-,11-. The number of hydrogen-bond acceptors (Lipinski definition) is 2. The van der Waals surface area contributed by atoms with E-state index in [0.717, 1.165) is 18.8 Å². The molecule has 0 saturated heterocycles. The van der Waals surface area contributed by atoms with Crippen LogP contribution in [0.4, 0.5) is 4.79 Å². The van der Waals surface area contributed by atoms with E-state index in [1.807, 2.05) is 27.8 Å². The summed E-state index contributed by atoms with van der Waals surface area (Å²) in [7, 11) is 1.86. The van der Waals surface area contributed by atoms with Crippen LogP contribution in [0.5, 0.6) is 0 Å². The third-order valence-corrected chi connectivity index (χ3v) is 4.51. The second kappa shape index (κ2) is 6.25. The van der Waals surface area contributed by atoms with E-state index in [0.29, 0.717) is 6.04 Å². The van der Waals surface area contributed by atoms with Crippen LogP contribution in [-0.4, -0.2) is 34.1 Å². The topological polar surface area (TPSA) is 29.5 Å². The Hall–Kier alpha value is 0. The smallest absolute Gasteiger partial charge is 0.410 e. The number of ether oxygens (including phenoxy) is 1. The Balaban J connectivity index is 2.43. The summed E-state index contributed by atoms with van der Waals surface area (Å²) in [5.74, 6) is 0.846. The van der Waals surface area contributed by atoms with Crippen LogP contribution in [0.1, 0.15) is 46.5 Å². The summed E-state index contributed by atoms with van der Waals surface area (Å²) in [4.78, 5) is 13.7. The molecule has 1 saturated carbocycles. The van der Waals surface area contributed by atoms with Crippen molar-refractivity contribution in [2.45, 2.75) is 58.1 Å². The van der Waals surface area contributed by atoms with Crippen LogP contribution in [0.2, 0.25) is 0 Å². The van der Waals surface area contributed by atoms with Crippen LogP contribution in [-0.2, 0) is 4.74 Å². The first-order valence-electron chi connectivity index (χ1n) is 6.35. The number of amides is 1. The van der Waals surface area contributed by atoms with Gasteiger partial charge in [-0.05, 0) is 52.4 Å². The van der Waals surface area contributed by atoms with Crippen molar-refractivity contribution < 1.29 is 9.53 Å². The van der Waals surface area contributed by atoms with Crippen molar-refractivity contribution in [1.29, 1.82) is 0 Å². The molecule has 0 unspecified atom stereocenters. The van der Waals surface area contributed by atoms with Crippen molar-refractivity contribution >= 4 is 28.7 Å². The van der Waals surface area contributed by atoms with Gasteiger partial charge in [-0.15, -0.1) is 0 Å². The fraction of sp³-hybridized carbons (Fsp3) is 0.923. The van der Waals surface area contributed by atoms with Crippen LogP contribution in [0, 0.1) is 5.92 Å². The van der Waals surface area contributed by atoms with Crippen molar-refractivity contribution in [2.24, 2.45) is 5.92 Å². The van der Waals surface area contributed by atoms with Gasteiger partial charge in [-0.1, -0.05) is 22.6 Å². The largest absolute Gasteiger partial charge is 0.444 e. The number of hydrogen-bond donors (Lipinski definition) is 0. The Morgan fingerprint density at radius 1 is 1.29 bits per heavy atom. The minimum absolute atomic E-state index is 0.185. The highest BCUT2D eigenvalue weighted by Gasteiger charge is 2.28. The first kappa shape index (κ1) is 15.1. The molecule has 0 heterocycles. The van der Waals surface area contributed by atoms with Crippen LogP contribution in [0.25, 0.3) is 0 Å². The lowest BCUT2D eigenvalue weighted by atomic mass is 9.87. The Morgan fingerprint density at radius 2 is 1.82 bits per heavy atom. The fourth-order valence-electron chi connectivity index (χ4n) is 2.17. The molecule has 0 radical (unpaired) electrons. The van der Waals surface area contributed by atoms with E-state index < -0.39 is 5.60 Å². The molecule has 4 heteroatoms. The lowest BCUT2D eigenvalue weighted by Gasteiger charge is -2.35. The first-order valence-corrected chi connectivity index (χ1v) is 7.88. The van der Waals surface area contributed by atoms with E-state index in [1.165, 1.54) is 17.3 Å². The summed E-state index contributed by atoms with van der Waals surface area (Å²) in [5.41, 5.74) is -0.398. The minimum atomic E-state index is -0.398. The molecule has 1 amide bonds. The van der Waals surface area contributed by atoms with Gasteiger partial charge in [0.05, 0.1) is 0 Å². The maximum absolute atomic E-state index is 11.9. The maximum atomic E-state index is 11.9. The summed E-state index contributed by atoms with van der Waals surface area (Å²) >= 11 is 2.46. The molecular weight excluding hydrogens is 329 g/mol. The van der Waals surface area contributed by atoms with Crippen molar-refractivity contribution in [3.8, 4) is 0 Å². The number of nitrogens with zero attached hydrogens (tertiary/aromatic N) is 1. The third kappa shape index (κ3) is 5.02. The lowest BCUT2D eigenvalue weighted by molar-refractivity contribution is 0.0176. The number of alkyl halides is 1. The first-order chi connectivity index (χ1) is 7.83. The molecule has 0 aromatic carbocycles. The summed E-state index contributed by atoms with van der Waals surface area (Å²) in [6, 6.07) is 0.365. The van der Waals surface area contributed by atoms with Gasteiger partial charge >= 0.3 is 6.09 Å². The van der Waals surface area contributed by atoms with E-state index in [2.05, 4.69) is 22.6 Å². The lowest BCUT2D eigenvalue weighted by Crippen LogP contribution is -2.42. The monoisotopic (exact) mass is 353 g/mol. The van der Waals surface area contributed by atoms with Gasteiger partial charge < -0.3 is 9.64 Å². The van der Waals surface area contributed by atoms with E-state index in [9.17, 15) is 4.79 Å². The van der Waals surface area contributed by atoms with Gasteiger partial charge in [0.15, 0.2) is 0 Å². The number of carbonyl (C=O) groups is 1. The Morgan fingerprint density at radius 3 is 2.24 bits per heavy atom. The highest BCUT2D eigenvalue weighted by Crippen LogP contribution is 2.28. The van der Waals surface area contributed by atoms with Gasteiger partial charge in [0.25, 0.3) is 0 Å². The predicted molar refractivity (Wildman–Crippen MR) is 78.6 cm³/mol. The van der Waals surface area contributed by atoms with Gasteiger partial charge in [0, 0.05) is 17.5 Å². The predicted octanol–water partition coefficient (Wildman–Crippen LogP) is 3.85. The summed E-state index contributed by atoms with van der Waals surface area (Å²) in [6.45, 7) is 5.73. The van der Waals surface area contributed by atoms with Crippen LogP contribution < -0.4 is 0 Å².